The molecule has 1 aliphatic heterocycles. The first kappa shape index (κ1) is 26.5. The Bertz CT molecular complexity index is 1540. The predicted octanol–water partition coefficient (Wildman–Crippen LogP) is 0.793. The van der Waals surface area contributed by atoms with Gasteiger partial charge in [-0.05, 0) is 31.4 Å². The van der Waals surface area contributed by atoms with E-state index in [4.69, 9.17) is 15.0 Å². The number of anilines is 3. The van der Waals surface area contributed by atoms with Crippen molar-refractivity contribution in [2.24, 2.45) is 11.7 Å². The number of aliphatic hydroxyl groups excluding tert-OH is 1. The van der Waals surface area contributed by atoms with Gasteiger partial charge in [-0.15, -0.1) is 10.2 Å². The normalized spacial score (nSPS) is 19.6. The maximum Gasteiger partial charge on any atom is 0.271 e. The maximum absolute atomic E-state index is 12.2. The molecule has 1 saturated heterocycles. The number of rotatable bonds is 9. The van der Waals surface area contributed by atoms with E-state index < -0.39 is 28.1 Å². The van der Waals surface area contributed by atoms with Crippen molar-refractivity contribution in [2.45, 2.75) is 31.4 Å². The van der Waals surface area contributed by atoms with Gasteiger partial charge in [0, 0.05) is 18.5 Å². The van der Waals surface area contributed by atoms with Crippen molar-refractivity contribution in [1.29, 1.82) is 0 Å². The quantitative estimate of drug-likeness (QED) is 0.287. The Morgan fingerprint density at radius 1 is 1.21 bits per heavy atom. The topological polar surface area (TPSA) is 216 Å². The molecule has 2 amide bonds. The van der Waals surface area contributed by atoms with Gasteiger partial charge in [-0.3, -0.25) is 9.59 Å². The van der Waals surface area contributed by atoms with Crippen LogP contribution in [0.25, 0.3) is 11.4 Å². The Kier molecular flexibility index (Phi) is 6.92. The van der Waals surface area contributed by atoms with E-state index in [1.807, 2.05) is 0 Å². The highest BCUT2D eigenvalue weighted by Crippen LogP contribution is 2.39. The highest BCUT2D eigenvalue weighted by molar-refractivity contribution is 7.88. The number of carbonyl (C=O) groups is 2. The Morgan fingerprint density at radius 3 is 2.64 bits per heavy atom. The lowest BCUT2D eigenvalue weighted by molar-refractivity contribution is -0.117. The monoisotopic (exact) mass is 558 g/mol. The molecule has 15 nitrogen and oxygen atoms in total. The Labute approximate surface area is 222 Å². The minimum absolute atomic E-state index is 0.0637. The molecule has 0 radical (unpaired) electrons. The summed E-state index contributed by atoms with van der Waals surface area (Å²) < 4.78 is 36.5. The lowest BCUT2D eigenvalue weighted by Gasteiger charge is -2.20. The van der Waals surface area contributed by atoms with Crippen LogP contribution in [-0.4, -0.2) is 76.0 Å². The van der Waals surface area contributed by atoms with Crippen LogP contribution in [0.1, 0.15) is 41.7 Å². The fourth-order valence-electron chi connectivity index (χ4n) is 4.35. The van der Waals surface area contributed by atoms with E-state index in [2.05, 4.69) is 31.0 Å². The minimum Gasteiger partial charge on any atom is -0.494 e. The average molecular weight is 559 g/mol. The van der Waals surface area contributed by atoms with Gasteiger partial charge in [0.15, 0.2) is 17.3 Å². The zero-order valence-corrected chi connectivity index (χ0v) is 21.8. The second-order valence-electron chi connectivity index (χ2n) is 9.26. The highest BCUT2D eigenvalue weighted by Gasteiger charge is 2.43. The third-order valence-electron chi connectivity index (χ3n) is 6.40. The molecule has 3 heterocycles. The summed E-state index contributed by atoms with van der Waals surface area (Å²) >= 11 is 0. The van der Waals surface area contributed by atoms with E-state index in [1.54, 1.807) is 18.2 Å². The molecular formula is C23H26N8O7S. The number of primary amides is 1. The molecule has 1 saturated carbocycles. The summed E-state index contributed by atoms with van der Waals surface area (Å²) in [4.78, 5) is 28.5. The lowest BCUT2D eigenvalue weighted by atomic mass is 10.1. The molecule has 39 heavy (non-hydrogen) atoms. The first-order valence-corrected chi connectivity index (χ1v) is 13.8. The third-order valence-corrected chi connectivity index (χ3v) is 7.66. The van der Waals surface area contributed by atoms with Crippen LogP contribution in [0.4, 0.5) is 17.2 Å². The highest BCUT2D eigenvalue weighted by atomic mass is 32.2. The smallest absolute Gasteiger partial charge is 0.271 e. The Hall–Kier alpha value is -4.15. The van der Waals surface area contributed by atoms with Gasteiger partial charge in [0.05, 0.1) is 36.4 Å². The first-order chi connectivity index (χ1) is 18.6. The van der Waals surface area contributed by atoms with Gasteiger partial charge >= 0.3 is 0 Å². The van der Waals surface area contributed by atoms with Crippen molar-refractivity contribution in [3.63, 3.8) is 0 Å². The summed E-state index contributed by atoms with van der Waals surface area (Å²) in [6, 6.07) is 5.39. The van der Waals surface area contributed by atoms with Gasteiger partial charge in [0.25, 0.3) is 5.91 Å². The molecular weight excluding hydrogens is 532 g/mol. The number of aliphatic hydroxyl groups is 1. The standard InChI is InChI=1S/C23H26N8O7S/c1-37-19-12(21-27-23(38-30-21)18-15(32)8-9-31(18)39(2,35)36)4-3-5-13(19)25-14-10-16(26-22(34)11-6-7-11)28-29-17(14)20(24)33/h3-5,10-11,15,18,32H,6-9H2,1-2H3,(H2,24,33)(H2,25,26,28,34)/t15-,18+/m1/s1. The number of nitrogens with zero attached hydrogens (tertiary/aromatic N) is 5. The van der Waals surface area contributed by atoms with Gasteiger partial charge < -0.3 is 30.7 Å². The van der Waals surface area contributed by atoms with Crippen molar-refractivity contribution in [1.82, 2.24) is 24.6 Å². The molecule has 0 unspecified atom stereocenters. The van der Waals surface area contributed by atoms with Crippen LogP contribution in [0.2, 0.25) is 0 Å². The van der Waals surface area contributed by atoms with Gasteiger partial charge in [-0.25, -0.2) is 8.42 Å². The number of benzene rings is 1. The number of ether oxygens (including phenoxy) is 1. The molecule has 0 bridgehead atoms. The summed E-state index contributed by atoms with van der Waals surface area (Å²) in [7, 11) is -2.22. The number of aromatic nitrogens is 4. The Morgan fingerprint density at radius 2 is 1.97 bits per heavy atom. The number of hydrogen-bond donors (Lipinski definition) is 4. The second kappa shape index (κ2) is 10.2. The van der Waals surface area contributed by atoms with Gasteiger partial charge in [0.2, 0.25) is 27.6 Å². The molecule has 3 aromatic rings. The molecule has 206 valence electrons. The molecule has 16 heteroatoms. The van der Waals surface area contributed by atoms with Crippen molar-refractivity contribution >= 4 is 39.0 Å². The second-order valence-corrected chi connectivity index (χ2v) is 11.2. The summed E-state index contributed by atoms with van der Waals surface area (Å²) in [5, 5.41) is 27.8. The van der Waals surface area contributed by atoms with Crippen LogP contribution in [-0.2, 0) is 14.8 Å². The van der Waals surface area contributed by atoms with Crippen molar-refractivity contribution < 1.29 is 32.4 Å². The zero-order valence-electron chi connectivity index (χ0n) is 21.0. The molecule has 1 aliphatic carbocycles. The molecule has 2 aromatic heterocycles. The van der Waals surface area contributed by atoms with E-state index in [9.17, 15) is 23.1 Å². The molecule has 5 N–H and O–H groups in total. The van der Waals surface area contributed by atoms with E-state index in [1.165, 1.54) is 13.2 Å². The number of carbonyl (C=O) groups excluding carboxylic acids is 2. The SMILES string of the molecule is COc1c(Nc2cc(NC(=O)C3CC3)nnc2C(N)=O)cccc1-c1noc([C@@H]2[C@H](O)CCN2S(C)(=O)=O)n1. The molecule has 5 rings (SSSR count). The summed E-state index contributed by atoms with van der Waals surface area (Å²) in [6.07, 6.45) is 1.87. The molecule has 1 aromatic carbocycles. The lowest BCUT2D eigenvalue weighted by Crippen LogP contribution is -2.32. The van der Waals surface area contributed by atoms with Crippen molar-refractivity contribution in [3.05, 3.63) is 35.9 Å². The summed E-state index contributed by atoms with van der Waals surface area (Å²) in [5.74, 6) is -0.671. The number of sulfonamides is 1. The van der Waals surface area contributed by atoms with Crippen molar-refractivity contribution in [2.75, 3.05) is 30.5 Å². The summed E-state index contributed by atoms with van der Waals surface area (Å²) in [5.41, 5.74) is 6.24. The zero-order chi connectivity index (χ0) is 27.9. The van der Waals surface area contributed by atoms with E-state index in [0.717, 1.165) is 23.4 Å². The Balaban J connectivity index is 1.47. The number of methoxy groups -OCH3 is 1. The number of amides is 2. The predicted molar refractivity (Wildman–Crippen MR) is 136 cm³/mol. The largest absolute Gasteiger partial charge is 0.494 e. The average Bonchev–Trinajstić information content (AvgIpc) is 3.50. The van der Waals surface area contributed by atoms with Crippen molar-refractivity contribution in [3.8, 4) is 17.1 Å². The number of nitrogens with two attached hydrogens (primary N) is 1. The summed E-state index contributed by atoms with van der Waals surface area (Å²) in [6.45, 7) is 0.121. The number of para-hydroxylation sites is 1. The van der Waals surface area contributed by atoms with Crippen LogP contribution >= 0.6 is 0 Å². The maximum atomic E-state index is 12.2. The van der Waals surface area contributed by atoms with Crippen LogP contribution < -0.4 is 21.1 Å². The molecule has 0 spiro atoms. The van der Waals surface area contributed by atoms with Gasteiger partial charge in [-0.1, -0.05) is 11.2 Å². The fourth-order valence-corrected chi connectivity index (χ4v) is 5.43. The van der Waals surface area contributed by atoms with Crippen LogP contribution in [0.15, 0.2) is 28.8 Å². The fraction of sp³-hybridized carbons (Fsp3) is 0.391. The first-order valence-electron chi connectivity index (χ1n) is 12.0. The minimum atomic E-state index is -3.63. The van der Waals surface area contributed by atoms with Gasteiger partial charge in [-0.2, -0.15) is 9.29 Å². The molecule has 2 fully saturated rings. The van der Waals surface area contributed by atoms with E-state index >= 15 is 0 Å². The third kappa shape index (κ3) is 5.39. The molecule has 2 atom stereocenters. The number of hydrogen-bond acceptors (Lipinski definition) is 12. The molecule has 2 aliphatic rings. The number of nitrogens with one attached hydrogen (secondary N) is 2. The van der Waals surface area contributed by atoms with E-state index in [-0.39, 0.29) is 59.5 Å². The van der Waals surface area contributed by atoms with Crippen LogP contribution in [0.5, 0.6) is 5.75 Å². The van der Waals surface area contributed by atoms with Crippen LogP contribution in [0.3, 0.4) is 0 Å². The van der Waals surface area contributed by atoms with E-state index in [0.29, 0.717) is 11.3 Å². The van der Waals surface area contributed by atoms with Gasteiger partial charge in [0.1, 0.15) is 6.04 Å². The van der Waals surface area contributed by atoms with Crippen LogP contribution in [0, 0.1) is 5.92 Å².